The minimum absolute atomic E-state index is 0.274. The average molecular weight is 534 g/mol. The smallest absolute Gasteiger partial charge is 0.264 e. The normalized spacial score (nSPS) is 14.3. The van der Waals surface area contributed by atoms with Gasteiger partial charge in [0.05, 0.1) is 29.6 Å². The Labute approximate surface area is 223 Å². The summed E-state index contributed by atoms with van der Waals surface area (Å²) in [6.07, 6.45) is 1.25. The number of nitrogens with zero attached hydrogens (tertiary/aromatic N) is 7. The topological polar surface area (TPSA) is 137 Å². The number of benzene rings is 2. The molecule has 1 aliphatic rings. The van der Waals surface area contributed by atoms with Gasteiger partial charge in [0.25, 0.3) is 10.1 Å². The minimum Gasteiger partial charge on any atom is -0.371 e. The first-order valence-electron chi connectivity index (χ1n) is 12.4. The van der Waals surface area contributed by atoms with Crippen molar-refractivity contribution >= 4 is 32.9 Å². The summed E-state index contributed by atoms with van der Waals surface area (Å²) in [5.41, 5.74) is 3.73. The Morgan fingerprint density at radius 1 is 1.05 bits per heavy atom. The quantitative estimate of drug-likeness (QED) is 0.294. The molecule has 0 aliphatic carbocycles. The highest BCUT2D eigenvalue weighted by Gasteiger charge is 2.34. The number of rotatable bonds is 10. The highest BCUT2D eigenvalue weighted by atomic mass is 32.2. The molecule has 10 nitrogen and oxygen atoms in total. The number of aliphatic imine (C=N–C) groups is 1. The molecule has 38 heavy (non-hydrogen) atoms. The molecule has 0 atom stereocenters. The molecule has 2 aromatic carbocycles. The van der Waals surface area contributed by atoms with E-state index in [0.29, 0.717) is 49.7 Å². The standard InChI is InChI=1S/C27H31N7O3S/c1-27(2,3)24-23(26-30-25(32-34(26)31-24)20-10-5-4-6-11-20)29-21-12-14-22(15-13-21)33(18-9-16-28)17-7-8-19-38(35,36)37/h4-6,10-15H,7-9,17-19H2,1-3H3,(H,35,36,37). The summed E-state index contributed by atoms with van der Waals surface area (Å²) in [6.45, 7) is 7.30. The number of hydrogen-bond acceptors (Lipinski definition) is 8. The van der Waals surface area contributed by atoms with Crippen molar-refractivity contribution in [3.05, 3.63) is 60.4 Å². The lowest BCUT2D eigenvalue weighted by molar-refractivity contribution is 0.480. The second-order valence-electron chi connectivity index (χ2n) is 10.1. The Bertz CT molecular complexity index is 1480. The summed E-state index contributed by atoms with van der Waals surface area (Å²) in [5.74, 6) is 0.902. The summed E-state index contributed by atoms with van der Waals surface area (Å²) < 4.78 is 31.0. The number of anilines is 1. The van der Waals surface area contributed by atoms with E-state index >= 15 is 0 Å². The van der Waals surface area contributed by atoms with Crippen LogP contribution in [0.2, 0.25) is 0 Å². The zero-order valence-corrected chi connectivity index (χ0v) is 22.6. The van der Waals surface area contributed by atoms with E-state index < -0.39 is 10.1 Å². The second-order valence-corrected chi connectivity index (χ2v) is 11.7. The lowest BCUT2D eigenvalue weighted by Crippen LogP contribution is -2.27. The summed E-state index contributed by atoms with van der Waals surface area (Å²) in [7, 11) is -3.98. The van der Waals surface area contributed by atoms with E-state index in [9.17, 15) is 8.42 Å². The predicted octanol–water partition coefficient (Wildman–Crippen LogP) is 4.72. The number of fused-ring (bicyclic) bond motifs is 1. The molecule has 4 rings (SSSR count). The minimum atomic E-state index is -3.98. The summed E-state index contributed by atoms with van der Waals surface area (Å²) in [6, 6.07) is 19.6. The zero-order chi connectivity index (χ0) is 27.3. The fourth-order valence-electron chi connectivity index (χ4n) is 4.10. The molecule has 0 fully saturated rings. The van der Waals surface area contributed by atoms with Crippen LogP contribution in [0.1, 0.15) is 45.9 Å². The van der Waals surface area contributed by atoms with Crippen molar-refractivity contribution in [2.24, 2.45) is 15.5 Å². The molecule has 0 saturated carbocycles. The maximum Gasteiger partial charge on any atom is 0.264 e. The van der Waals surface area contributed by atoms with E-state index in [4.69, 9.17) is 24.9 Å². The van der Waals surface area contributed by atoms with Crippen LogP contribution in [-0.2, 0) is 10.1 Å². The third-order valence-corrected chi connectivity index (χ3v) is 6.80. The van der Waals surface area contributed by atoms with Gasteiger partial charge in [-0.15, -0.1) is 9.89 Å². The molecule has 0 unspecified atom stereocenters. The molecule has 0 spiro atoms. The lowest BCUT2D eigenvalue weighted by atomic mass is 9.87. The monoisotopic (exact) mass is 533 g/mol. The van der Waals surface area contributed by atoms with E-state index in [1.54, 1.807) is 4.79 Å². The van der Waals surface area contributed by atoms with Crippen molar-refractivity contribution in [2.75, 3.05) is 23.7 Å². The van der Waals surface area contributed by atoms with Crippen molar-refractivity contribution < 1.29 is 13.0 Å². The Balaban J connectivity index is 1.59. The van der Waals surface area contributed by atoms with Gasteiger partial charge in [-0.3, -0.25) is 4.55 Å². The first-order valence-corrected chi connectivity index (χ1v) is 14.0. The molecule has 3 aromatic rings. The van der Waals surface area contributed by atoms with E-state index in [1.807, 2.05) is 59.5 Å². The maximum atomic E-state index is 11.0. The van der Waals surface area contributed by atoms with Gasteiger partial charge in [0, 0.05) is 29.8 Å². The van der Waals surface area contributed by atoms with E-state index in [-0.39, 0.29) is 11.2 Å². The summed E-state index contributed by atoms with van der Waals surface area (Å²) >= 11 is 0. The second kappa shape index (κ2) is 11.2. The fraction of sp³-hybridized carbons (Fsp3) is 0.370. The molecule has 0 amide bonds. The molecule has 1 aromatic heterocycles. The van der Waals surface area contributed by atoms with Gasteiger partial charge in [-0.25, -0.2) is 9.98 Å². The zero-order valence-electron chi connectivity index (χ0n) is 21.7. The number of unbranched alkanes of at least 4 members (excludes halogenated alkanes) is 1. The number of aromatic nitrogens is 3. The lowest BCUT2D eigenvalue weighted by Gasteiger charge is -2.24. The van der Waals surface area contributed by atoms with Crippen LogP contribution in [-0.4, -0.2) is 58.1 Å². The van der Waals surface area contributed by atoms with Crippen molar-refractivity contribution in [3.8, 4) is 17.5 Å². The third kappa shape index (κ3) is 6.70. The molecule has 1 N–H and O–H groups in total. The molecule has 2 heterocycles. The van der Waals surface area contributed by atoms with Gasteiger partial charge in [-0.2, -0.15) is 18.8 Å². The van der Waals surface area contributed by atoms with Gasteiger partial charge >= 0.3 is 0 Å². The average Bonchev–Trinajstić information content (AvgIpc) is 3.43. The third-order valence-electron chi connectivity index (χ3n) is 5.99. The fourth-order valence-corrected chi connectivity index (χ4v) is 4.67. The van der Waals surface area contributed by atoms with Crippen LogP contribution in [0.3, 0.4) is 0 Å². The van der Waals surface area contributed by atoms with Crippen LogP contribution in [0.25, 0.3) is 11.4 Å². The molecule has 0 radical (unpaired) electrons. The van der Waals surface area contributed by atoms with Gasteiger partial charge in [0.1, 0.15) is 5.71 Å². The van der Waals surface area contributed by atoms with E-state index in [0.717, 1.165) is 22.6 Å². The summed E-state index contributed by atoms with van der Waals surface area (Å²) in [4.78, 5) is 13.2. The molecule has 0 saturated heterocycles. The van der Waals surface area contributed by atoms with Crippen molar-refractivity contribution in [1.82, 2.24) is 14.9 Å². The highest BCUT2D eigenvalue weighted by Crippen LogP contribution is 2.29. The van der Waals surface area contributed by atoms with Crippen LogP contribution >= 0.6 is 0 Å². The van der Waals surface area contributed by atoms with Crippen LogP contribution in [0.15, 0.2) is 64.7 Å². The predicted molar refractivity (Wildman–Crippen MR) is 148 cm³/mol. The van der Waals surface area contributed by atoms with Gasteiger partial charge < -0.3 is 4.90 Å². The Morgan fingerprint density at radius 3 is 2.39 bits per heavy atom. The Hall–Kier alpha value is -3.88. The van der Waals surface area contributed by atoms with Crippen LogP contribution in [0.4, 0.5) is 11.4 Å². The first-order chi connectivity index (χ1) is 18.0. The van der Waals surface area contributed by atoms with E-state index in [1.165, 1.54) is 0 Å². The van der Waals surface area contributed by atoms with Gasteiger partial charge in [-0.1, -0.05) is 51.1 Å². The molecule has 198 valence electrons. The molecular weight excluding hydrogens is 502 g/mol. The molecule has 0 bridgehead atoms. The molecular formula is C27H31N7O3S. The SMILES string of the molecule is CC(C)(C)C1=Nn2nc(-c3ccccc3)nc2C1=Nc1ccc(N(CCC#N)CCCCS(=O)(=O)O)cc1. The van der Waals surface area contributed by atoms with Crippen molar-refractivity contribution in [3.63, 3.8) is 0 Å². The van der Waals surface area contributed by atoms with Crippen LogP contribution in [0, 0.1) is 16.7 Å². The largest absolute Gasteiger partial charge is 0.371 e. The van der Waals surface area contributed by atoms with Gasteiger partial charge in [-0.05, 0) is 37.1 Å². The molecule has 1 aliphatic heterocycles. The van der Waals surface area contributed by atoms with Gasteiger partial charge in [0.2, 0.25) is 5.82 Å². The highest BCUT2D eigenvalue weighted by molar-refractivity contribution is 7.85. The maximum absolute atomic E-state index is 11.0. The number of nitriles is 1. The van der Waals surface area contributed by atoms with Crippen molar-refractivity contribution in [2.45, 2.75) is 40.0 Å². The van der Waals surface area contributed by atoms with E-state index in [2.05, 4.69) is 31.9 Å². The van der Waals surface area contributed by atoms with Crippen LogP contribution < -0.4 is 4.90 Å². The van der Waals surface area contributed by atoms with Gasteiger partial charge in [0.15, 0.2) is 5.82 Å². The number of hydrogen-bond donors (Lipinski definition) is 1. The van der Waals surface area contributed by atoms with Crippen LogP contribution in [0.5, 0.6) is 0 Å². The summed E-state index contributed by atoms with van der Waals surface area (Å²) in [5, 5.41) is 18.4. The Morgan fingerprint density at radius 2 is 1.76 bits per heavy atom. The molecule has 11 heteroatoms. The Kier molecular flexibility index (Phi) is 8.04. The van der Waals surface area contributed by atoms with Crippen molar-refractivity contribution in [1.29, 1.82) is 5.26 Å². The first kappa shape index (κ1) is 27.2.